The molecule has 1 heterocycles. The highest BCUT2D eigenvalue weighted by Gasteiger charge is 2.44. The van der Waals surface area contributed by atoms with E-state index in [9.17, 15) is 10.1 Å². The molecule has 1 saturated heterocycles. The molecule has 4 nitrogen and oxygen atoms in total. The van der Waals surface area contributed by atoms with Crippen molar-refractivity contribution in [3.05, 3.63) is 35.9 Å². The second-order valence-electron chi connectivity index (χ2n) is 6.91. The lowest BCUT2D eigenvalue weighted by Gasteiger charge is -2.36. The molecule has 1 aliphatic heterocycles. The predicted molar refractivity (Wildman–Crippen MR) is 86.9 cm³/mol. The molecule has 1 unspecified atom stereocenters. The molecule has 2 N–H and O–H groups in total. The maximum atomic E-state index is 12.9. The van der Waals surface area contributed by atoms with E-state index in [0.717, 1.165) is 12.0 Å². The van der Waals surface area contributed by atoms with E-state index in [4.69, 9.17) is 5.73 Å². The number of hydrogen-bond acceptors (Lipinski definition) is 3. The van der Waals surface area contributed by atoms with Crippen molar-refractivity contribution in [2.24, 2.45) is 11.7 Å². The van der Waals surface area contributed by atoms with E-state index in [1.807, 2.05) is 51.1 Å². The summed E-state index contributed by atoms with van der Waals surface area (Å²) >= 11 is 0. The fraction of sp³-hybridized carbons (Fsp3) is 0.556. The quantitative estimate of drug-likeness (QED) is 0.932. The molecule has 1 aromatic carbocycles. The second-order valence-corrected chi connectivity index (χ2v) is 6.91. The first-order valence-corrected chi connectivity index (χ1v) is 7.83. The number of carbonyl (C=O) groups is 1. The molecule has 1 aromatic rings. The minimum atomic E-state index is -0.668. The lowest BCUT2D eigenvalue weighted by Crippen LogP contribution is -2.56. The fourth-order valence-electron chi connectivity index (χ4n) is 3.21. The number of nitrogens with two attached hydrogens (primary N) is 1. The van der Waals surface area contributed by atoms with Gasteiger partial charge in [0.05, 0.1) is 12.1 Å². The summed E-state index contributed by atoms with van der Waals surface area (Å²) < 4.78 is 0. The van der Waals surface area contributed by atoms with Crippen LogP contribution in [0.25, 0.3) is 0 Å². The van der Waals surface area contributed by atoms with Gasteiger partial charge in [-0.25, -0.2) is 0 Å². The van der Waals surface area contributed by atoms with Crippen molar-refractivity contribution < 1.29 is 4.79 Å². The van der Waals surface area contributed by atoms with Gasteiger partial charge in [0.1, 0.15) is 6.04 Å². The third kappa shape index (κ3) is 2.74. The summed E-state index contributed by atoms with van der Waals surface area (Å²) in [7, 11) is 0. The highest BCUT2D eigenvalue weighted by Crippen LogP contribution is 2.33. The standard InChI is InChI=1S/C18H25N3O/c1-12-10-15(11-19)21(13(12)2)17(22)16(20)18(3,4)14-8-6-5-7-9-14/h5-9,12-13,15-16H,10,20H2,1-4H3/t12-,13-,15-,16?/m0/s1. The first-order chi connectivity index (χ1) is 10.3. The van der Waals surface area contributed by atoms with Crippen molar-refractivity contribution in [1.29, 1.82) is 5.26 Å². The highest BCUT2D eigenvalue weighted by molar-refractivity contribution is 5.84. The number of nitrogens with zero attached hydrogens (tertiary/aromatic N) is 2. The van der Waals surface area contributed by atoms with Crippen molar-refractivity contribution in [1.82, 2.24) is 4.90 Å². The van der Waals surface area contributed by atoms with Gasteiger partial charge in [0.2, 0.25) is 5.91 Å². The highest BCUT2D eigenvalue weighted by atomic mass is 16.2. The average Bonchev–Trinajstić information content (AvgIpc) is 2.81. The minimum Gasteiger partial charge on any atom is -0.322 e. The van der Waals surface area contributed by atoms with Crippen LogP contribution in [0.2, 0.25) is 0 Å². The van der Waals surface area contributed by atoms with Crippen molar-refractivity contribution in [3.8, 4) is 6.07 Å². The zero-order valence-corrected chi connectivity index (χ0v) is 13.8. The maximum absolute atomic E-state index is 12.9. The Kier molecular flexibility index (Phi) is 4.58. The molecule has 4 atom stereocenters. The van der Waals surface area contributed by atoms with Crippen LogP contribution >= 0.6 is 0 Å². The Balaban J connectivity index is 2.27. The topological polar surface area (TPSA) is 70.1 Å². The summed E-state index contributed by atoms with van der Waals surface area (Å²) in [6.45, 7) is 8.05. The first kappa shape index (κ1) is 16.5. The molecule has 22 heavy (non-hydrogen) atoms. The lowest BCUT2D eigenvalue weighted by atomic mass is 9.77. The molecule has 1 amide bonds. The van der Waals surface area contributed by atoms with E-state index in [1.54, 1.807) is 4.90 Å². The van der Waals surface area contributed by atoms with Gasteiger partial charge in [0.15, 0.2) is 0 Å². The third-order valence-electron chi connectivity index (χ3n) is 5.16. The molecule has 1 fully saturated rings. The number of carbonyl (C=O) groups excluding carboxylic acids is 1. The average molecular weight is 299 g/mol. The van der Waals surface area contributed by atoms with Crippen LogP contribution in [-0.2, 0) is 10.2 Å². The second kappa shape index (κ2) is 6.10. The number of benzene rings is 1. The molecular weight excluding hydrogens is 274 g/mol. The van der Waals surface area contributed by atoms with E-state index in [2.05, 4.69) is 13.0 Å². The number of nitriles is 1. The summed E-state index contributed by atoms with van der Waals surface area (Å²) in [5, 5.41) is 9.34. The minimum absolute atomic E-state index is 0.0507. The molecule has 1 aliphatic rings. The molecular formula is C18H25N3O. The van der Waals surface area contributed by atoms with Crippen LogP contribution < -0.4 is 5.73 Å². The summed E-state index contributed by atoms with van der Waals surface area (Å²) in [5.41, 5.74) is 6.88. The number of rotatable bonds is 3. The van der Waals surface area contributed by atoms with Gasteiger partial charge in [-0.3, -0.25) is 4.79 Å². The Morgan fingerprint density at radius 3 is 2.50 bits per heavy atom. The summed E-state index contributed by atoms with van der Waals surface area (Å²) in [4.78, 5) is 14.6. The number of amides is 1. The van der Waals surface area contributed by atoms with E-state index >= 15 is 0 Å². The zero-order valence-electron chi connectivity index (χ0n) is 13.8. The van der Waals surface area contributed by atoms with E-state index in [-0.39, 0.29) is 18.0 Å². The normalized spacial score (nSPS) is 26.5. The van der Waals surface area contributed by atoms with Crippen LogP contribution in [0, 0.1) is 17.2 Å². The lowest BCUT2D eigenvalue weighted by molar-refractivity contribution is -0.136. The largest absolute Gasteiger partial charge is 0.322 e. The van der Waals surface area contributed by atoms with E-state index < -0.39 is 11.5 Å². The van der Waals surface area contributed by atoms with Gasteiger partial charge in [-0.15, -0.1) is 0 Å². The molecule has 0 spiro atoms. The molecule has 0 radical (unpaired) electrons. The maximum Gasteiger partial charge on any atom is 0.241 e. The number of likely N-dealkylation sites (tertiary alicyclic amines) is 1. The Morgan fingerprint density at radius 1 is 1.36 bits per heavy atom. The smallest absolute Gasteiger partial charge is 0.241 e. The zero-order chi connectivity index (χ0) is 16.5. The van der Waals surface area contributed by atoms with Crippen LogP contribution in [0.5, 0.6) is 0 Å². The Hall–Kier alpha value is -1.86. The van der Waals surface area contributed by atoms with E-state index in [0.29, 0.717) is 5.92 Å². The van der Waals surface area contributed by atoms with Gasteiger partial charge in [-0.2, -0.15) is 5.26 Å². The van der Waals surface area contributed by atoms with Crippen molar-refractivity contribution >= 4 is 5.91 Å². The monoisotopic (exact) mass is 299 g/mol. The van der Waals surface area contributed by atoms with Gasteiger partial charge >= 0.3 is 0 Å². The molecule has 4 heteroatoms. The molecule has 0 aromatic heterocycles. The molecule has 0 aliphatic carbocycles. The van der Waals surface area contributed by atoms with Crippen LogP contribution in [0.3, 0.4) is 0 Å². The summed E-state index contributed by atoms with van der Waals surface area (Å²) in [5.74, 6) is 0.192. The van der Waals surface area contributed by atoms with Crippen LogP contribution in [0.1, 0.15) is 39.7 Å². The van der Waals surface area contributed by atoms with Gasteiger partial charge in [-0.05, 0) is 24.8 Å². The first-order valence-electron chi connectivity index (χ1n) is 7.83. The molecule has 2 rings (SSSR count). The summed E-state index contributed by atoms with van der Waals surface area (Å²) in [6, 6.07) is 11.1. The Morgan fingerprint density at radius 2 is 1.95 bits per heavy atom. The van der Waals surface area contributed by atoms with Gasteiger partial charge in [0, 0.05) is 11.5 Å². The Labute approximate surface area is 132 Å². The van der Waals surface area contributed by atoms with Gasteiger partial charge in [-0.1, -0.05) is 51.1 Å². The number of hydrogen-bond donors (Lipinski definition) is 1. The van der Waals surface area contributed by atoms with Crippen LogP contribution in [0.15, 0.2) is 30.3 Å². The predicted octanol–water partition coefficient (Wildman–Crippen LogP) is 2.44. The SMILES string of the molecule is C[C@H]1C[C@@H](C#N)N(C(=O)C(N)C(C)(C)c2ccccc2)[C@H]1C. The van der Waals surface area contributed by atoms with Gasteiger partial charge in [0.25, 0.3) is 0 Å². The Bertz CT molecular complexity index is 576. The fourth-order valence-corrected chi connectivity index (χ4v) is 3.21. The summed E-state index contributed by atoms with van der Waals surface area (Å²) in [6.07, 6.45) is 0.724. The van der Waals surface area contributed by atoms with Crippen LogP contribution in [0.4, 0.5) is 0 Å². The van der Waals surface area contributed by atoms with Gasteiger partial charge < -0.3 is 10.6 Å². The van der Waals surface area contributed by atoms with E-state index in [1.165, 1.54) is 0 Å². The molecule has 118 valence electrons. The van der Waals surface area contributed by atoms with Crippen molar-refractivity contribution in [2.45, 2.75) is 57.7 Å². The van der Waals surface area contributed by atoms with Crippen molar-refractivity contribution in [3.63, 3.8) is 0 Å². The van der Waals surface area contributed by atoms with Crippen LogP contribution in [-0.4, -0.2) is 28.9 Å². The molecule has 0 bridgehead atoms. The van der Waals surface area contributed by atoms with Crippen molar-refractivity contribution in [2.75, 3.05) is 0 Å². The third-order valence-corrected chi connectivity index (χ3v) is 5.16. The molecule has 0 saturated carbocycles.